The van der Waals surface area contributed by atoms with Crippen LogP contribution in [0.15, 0.2) is 18.2 Å². The minimum Gasteiger partial charge on any atom is -0.465 e. The number of carbonyl (C=O) groups is 1. The molecular weight excluding hydrogens is 242 g/mol. The molecule has 0 unspecified atom stereocenters. The van der Waals surface area contributed by atoms with Crippen LogP contribution in [0, 0.1) is 0 Å². The Morgan fingerprint density at radius 3 is 2.72 bits per heavy atom. The van der Waals surface area contributed by atoms with Gasteiger partial charge in [0.05, 0.1) is 19.2 Å². The van der Waals surface area contributed by atoms with Gasteiger partial charge in [-0.3, -0.25) is 4.90 Å². The number of hydrogen-bond acceptors (Lipinski definition) is 4. The van der Waals surface area contributed by atoms with Crippen molar-refractivity contribution >= 4 is 11.7 Å². The molecule has 2 N–H and O–H groups in total. The van der Waals surface area contributed by atoms with Gasteiger partial charge in [0.1, 0.15) is 0 Å². The Hall–Kier alpha value is -1.69. The maximum absolute atomic E-state index is 12.2. The fourth-order valence-electron chi connectivity index (χ4n) is 1.69. The van der Waals surface area contributed by atoms with E-state index < -0.39 is 12.4 Å². The number of anilines is 1. The SMILES string of the molecule is COC(=O)c1c(N)cccc1CN(C)CC(F)F. The minimum atomic E-state index is -2.42. The van der Waals surface area contributed by atoms with Gasteiger partial charge in [0, 0.05) is 12.2 Å². The molecule has 1 aromatic rings. The molecule has 1 aromatic carbocycles. The van der Waals surface area contributed by atoms with Gasteiger partial charge < -0.3 is 10.5 Å². The quantitative estimate of drug-likeness (QED) is 0.645. The van der Waals surface area contributed by atoms with Gasteiger partial charge in [-0.2, -0.15) is 0 Å². The Balaban J connectivity index is 2.95. The van der Waals surface area contributed by atoms with E-state index in [1.165, 1.54) is 12.0 Å². The summed E-state index contributed by atoms with van der Waals surface area (Å²) in [5, 5.41) is 0. The monoisotopic (exact) mass is 258 g/mol. The van der Waals surface area contributed by atoms with Crippen LogP contribution in [0.2, 0.25) is 0 Å². The molecule has 0 spiro atoms. The second-order valence-electron chi connectivity index (χ2n) is 3.96. The maximum Gasteiger partial charge on any atom is 0.340 e. The van der Waals surface area contributed by atoms with Crippen molar-refractivity contribution in [2.45, 2.75) is 13.0 Å². The third kappa shape index (κ3) is 3.66. The molecule has 1 rings (SSSR count). The van der Waals surface area contributed by atoms with E-state index in [2.05, 4.69) is 4.74 Å². The third-order valence-corrected chi connectivity index (χ3v) is 2.46. The number of rotatable bonds is 5. The summed E-state index contributed by atoms with van der Waals surface area (Å²) in [5.41, 5.74) is 6.80. The Morgan fingerprint density at radius 1 is 1.50 bits per heavy atom. The molecule has 4 nitrogen and oxygen atoms in total. The molecule has 100 valence electrons. The molecule has 0 aromatic heterocycles. The Labute approximate surface area is 104 Å². The smallest absolute Gasteiger partial charge is 0.340 e. The number of hydrogen-bond donors (Lipinski definition) is 1. The van der Waals surface area contributed by atoms with E-state index >= 15 is 0 Å². The summed E-state index contributed by atoms with van der Waals surface area (Å²) >= 11 is 0. The van der Waals surface area contributed by atoms with Crippen molar-refractivity contribution in [3.05, 3.63) is 29.3 Å². The molecule has 0 saturated carbocycles. The van der Waals surface area contributed by atoms with Gasteiger partial charge in [0.15, 0.2) is 0 Å². The van der Waals surface area contributed by atoms with Crippen LogP contribution in [-0.4, -0.2) is 38.0 Å². The highest BCUT2D eigenvalue weighted by molar-refractivity contribution is 5.96. The molecule has 0 radical (unpaired) electrons. The number of nitrogen functional groups attached to an aromatic ring is 1. The average Bonchev–Trinajstić information content (AvgIpc) is 2.27. The number of nitrogens with two attached hydrogens (primary N) is 1. The number of esters is 1. The van der Waals surface area contributed by atoms with E-state index in [1.54, 1.807) is 25.2 Å². The zero-order chi connectivity index (χ0) is 13.7. The van der Waals surface area contributed by atoms with Crippen molar-refractivity contribution in [3.63, 3.8) is 0 Å². The highest BCUT2D eigenvalue weighted by Crippen LogP contribution is 2.19. The zero-order valence-corrected chi connectivity index (χ0v) is 10.3. The second-order valence-corrected chi connectivity index (χ2v) is 3.96. The van der Waals surface area contributed by atoms with Crippen LogP contribution in [0.3, 0.4) is 0 Å². The fraction of sp³-hybridized carbons (Fsp3) is 0.417. The van der Waals surface area contributed by atoms with Gasteiger partial charge in [-0.1, -0.05) is 12.1 Å². The Morgan fingerprint density at radius 2 is 2.17 bits per heavy atom. The molecule has 0 fully saturated rings. The molecule has 0 aliphatic heterocycles. The van der Waals surface area contributed by atoms with E-state index in [9.17, 15) is 13.6 Å². The first kappa shape index (κ1) is 14.4. The Bertz CT molecular complexity index is 425. The summed E-state index contributed by atoms with van der Waals surface area (Å²) in [4.78, 5) is 13.0. The number of nitrogens with zero attached hydrogens (tertiary/aromatic N) is 1. The lowest BCUT2D eigenvalue weighted by Gasteiger charge is -2.18. The number of carbonyl (C=O) groups excluding carboxylic acids is 1. The standard InChI is InChI=1S/C12H16F2N2O2/c1-16(7-10(13)14)6-8-4-3-5-9(15)11(8)12(17)18-2/h3-5,10H,6-7,15H2,1-2H3. The number of alkyl halides is 2. The predicted molar refractivity (Wildman–Crippen MR) is 64.5 cm³/mol. The number of benzene rings is 1. The van der Waals surface area contributed by atoms with Crippen molar-refractivity contribution in [3.8, 4) is 0 Å². The van der Waals surface area contributed by atoms with Gasteiger partial charge in [0.2, 0.25) is 0 Å². The third-order valence-electron chi connectivity index (χ3n) is 2.46. The highest BCUT2D eigenvalue weighted by atomic mass is 19.3. The summed E-state index contributed by atoms with van der Waals surface area (Å²) < 4.78 is 29.1. The van der Waals surface area contributed by atoms with Crippen LogP contribution in [0.4, 0.5) is 14.5 Å². The summed E-state index contributed by atoms with van der Waals surface area (Å²) in [5.74, 6) is -0.562. The van der Waals surface area contributed by atoms with Crippen LogP contribution in [-0.2, 0) is 11.3 Å². The summed E-state index contributed by atoms with van der Waals surface area (Å²) in [6.45, 7) is -0.158. The lowest BCUT2D eigenvalue weighted by Crippen LogP contribution is -2.25. The zero-order valence-electron chi connectivity index (χ0n) is 10.3. The van der Waals surface area contributed by atoms with E-state index in [0.717, 1.165) is 0 Å². The lowest BCUT2D eigenvalue weighted by molar-refractivity contribution is 0.0599. The van der Waals surface area contributed by atoms with Crippen LogP contribution in [0.1, 0.15) is 15.9 Å². The van der Waals surface area contributed by atoms with Crippen molar-refractivity contribution in [2.24, 2.45) is 0 Å². The highest BCUT2D eigenvalue weighted by Gasteiger charge is 2.17. The van der Waals surface area contributed by atoms with Gasteiger partial charge in [0.25, 0.3) is 6.43 Å². The Kier molecular flexibility index (Phi) is 5.03. The molecule has 0 atom stereocenters. The second kappa shape index (κ2) is 6.30. The van der Waals surface area contributed by atoms with E-state index in [0.29, 0.717) is 5.56 Å². The van der Waals surface area contributed by atoms with Crippen LogP contribution >= 0.6 is 0 Å². The fourth-order valence-corrected chi connectivity index (χ4v) is 1.69. The molecule has 0 bridgehead atoms. The van der Waals surface area contributed by atoms with Gasteiger partial charge in [-0.25, -0.2) is 13.6 Å². The van der Waals surface area contributed by atoms with Gasteiger partial charge in [-0.15, -0.1) is 0 Å². The minimum absolute atomic E-state index is 0.208. The van der Waals surface area contributed by atoms with Crippen molar-refractivity contribution in [1.82, 2.24) is 4.90 Å². The topological polar surface area (TPSA) is 55.6 Å². The summed E-state index contributed by atoms with van der Waals surface area (Å²) in [7, 11) is 2.80. The van der Waals surface area contributed by atoms with E-state index in [1.807, 2.05) is 0 Å². The van der Waals surface area contributed by atoms with Crippen LogP contribution in [0.25, 0.3) is 0 Å². The molecule has 18 heavy (non-hydrogen) atoms. The van der Waals surface area contributed by atoms with Gasteiger partial charge >= 0.3 is 5.97 Å². The number of halogens is 2. The number of ether oxygens (including phenoxy) is 1. The number of methoxy groups -OCH3 is 1. The average molecular weight is 258 g/mol. The summed E-state index contributed by atoms with van der Waals surface area (Å²) in [6, 6.07) is 4.92. The summed E-state index contributed by atoms with van der Waals surface area (Å²) in [6.07, 6.45) is -2.42. The first-order valence-electron chi connectivity index (χ1n) is 5.38. The first-order chi connectivity index (χ1) is 8.45. The maximum atomic E-state index is 12.2. The molecular formula is C12H16F2N2O2. The largest absolute Gasteiger partial charge is 0.465 e. The van der Waals surface area contributed by atoms with Gasteiger partial charge in [-0.05, 0) is 18.7 Å². The molecule has 6 heteroatoms. The first-order valence-corrected chi connectivity index (χ1v) is 5.38. The molecule has 0 aliphatic carbocycles. The normalized spacial score (nSPS) is 11.0. The molecule has 0 saturated heterocycles. The molecule has 0 aliphatic rings. The molecule has 0 heterocycles. The van der Waals surface area contributed by atoms with E-state index in [-0.39, 0.29) is 24.3 Å². The van der Waals surface area contributed by atoms with Crippen LogP contribution in [0.5, 0.6) is 0 Å². The van der Waals surface area contributed by atoms with Crippen molar-refractivity contribution in [2.75, 3.05) is 26.4 Å². The van der Waals surface area contributed by atoms with Crippen molar-refractivity contribution in [1.29, 1.82) is 0 Å². The van der Waals surface area contributed by atoms with Crippen LogP contribution < -0.4 is 5.73 Å². The predicted octanol–water partition coefficient (Wildman–Crippen LogP) is 1.75. The molecule has 0 amide bonds. The van der Waals surface area contributed by atoms with Crippen molar-refractivity contribution < 1.29 is 18.3 Å². The van der Waals surface area contributed by atoms with E-state index in [4.69, 9.17) is 5.73 Å². The lowest BCUT2D eigenvalue weighted by atomic mass is 10.1.